The molecular weight excluding hydrogens is 366 g/mol. The van der Waals surface area contributed by atoms with Gasteiger partial charge in [-0.2, -0.15) is 5.10 Å². The summed E-state index contributed by atoms with van der Waals surface area (Å²) in [6.07, 6.45) is 1.80. The summed E-state index contributed by atoms with van der Waals surface area (Å²) in [5.41, 5.74) is 10.7. The van der Waals surface area contributed by atoms with Gasteiger partial charge in [-0.3, -0.25) is 5.43 Å². The van der Waals surface area contributed by atoms with E-state index in [1.54, 1.807) is 11.6 Å². The van der Waals surface area contributed by atoms with Crippen molar-refractivity contribution >= 4 is 50.1 Å². The van der Waals surface area contributed by atoms with Crippen molar-refractivity contribution in [1.29, 1.82) is 0 Å². The molecule has 0 aliphatic carbocycles. The Morgan fingerprint density at radius 3 is 2.95 bits per heavy atom. The van der Waals surface area contributed by atoms with Crippen LogP contribution in [-0.4, -0.2) is 37.5 Å². The number of morpholine rings is 1. The predicted molar refractivity (Wildman–Crippen MR) is 94.9 cm³/mol. The lowest BCUT2D eigenvalue weighted by molar-refractivity contribution is 0.122. The number of benzene rings is 1. The van der Waals surface area contributed by atoms with Crippen molar-refractivity contribution in [1.82, 2.24) is 4.98 Å². The van der Waals surface area contributed by atoms with E-state index in [4.69, 9.17) is 10.5 Å². The molecule has 3 rings (SSSR count). The van der Waals surface area contributed by atoms with Gasteiger partial charge in [-0.05, 0) is 12.1 Å². The van der Waals surface area contributed by atoms with Crippen molar-refractivity contribution < 1.29 is 4.74 Å². The van der Waals surface area contributed by atoms with Crippen molar-refractivity contribution in [3.8, 4) is 0 Å². The lowest BCUT2D eigenvalue weighted by Gasteiger charge is -2.30. The normalized spacial score (nSPS) is 15.4. The van der Waals surface area contributed by atoms with Crippen LogP contribution in [0.1, 0.15) is 5.56 Å². The Hall–Kier alpha value is -1.64. The number of aromatic nitrogens is 1. The number of nitrogens with two attached hydrogens (primary N) is 1. The molecule has 0 atom stereocenters. The molecule has 1 aromatic heterocycles. The first-order valence-corrected chi connectivity index (χ1v) is 8.52. The van der Waals surface area contributed by atoms with Crippen LogP contribution >= 0.6 is 27.3 Å². The number of nitrogens with one attached hydrogen (secondary N) is 1. The molecule has 0 radical (unpaired) electrons. The van der Waals surface area contributed by atoms with Crippen LogP contribution in [0.25, 0.3) is 0 Å². The second-order valence-electron chi connectivity index (χ2n) is 4.75. The lowest BCUT2D eigenvalue weighted by Crippen LogP contribution is -2.36. The van der Waals surface area contributed by atoms with Gasteiger partial charge in [-0.1, -0.05) is 22.0 Å². The van der Waals surface area contributed by atoms with Crippen LogP contribution in [0.5, 0.6) is 0 Å². The van der Waals surface area contributed by atoms with Gasteiger partial charge < -0.3 is 15.4 Å². The van der Waals surface area contributed by atoms with Gasteiger partial charge in [0.1, 0.15) is 5.82 Å². The zero-order valence-electron chi connectivity index (χ0n) is 11.8. The molecule has 6 nitrogen and oxygen atoms in total. The number of ether oxygens (including phenoxy) is 1. The molecule has 1 aliphatic heterocycles. The maximum atomic E-state index is 5.58. The highest BCUT2D eigenvalue weighted by Gasteiger charge is 2.14. The third-order valence-corrected chi connectivity index (χ3v) is 4.49. The number of nitrogen functional groups attached to an aromatic ring is 1. The van der Waals surface area contributed by atoms with Crippen LogP contribution in [0.3, 0.4) is 0 Å². The van der Waals surface area contributed by atoms with Gasteiger partial charge in [-0.15, -0.1) is 11.3 Å². The Balaban J connectivity index is 1.77. The van der Waals surface area contributed by atoms with Gasteiger partial charge >= 0.3 is 0 Å². The summed E-state index contributed by atoms with van der Waals surface area (Å²) < 4.78 is 6.46. The van der Waals surface area contributed by atoms with E-state index in [-0.39, 0.29) is 0 Å². The van der Waals surface area contributed by atoms with Gasteiger partial charge in [0.15, 0.2) is 0 Å². The minimum atomic E-state index is 0.500. The molecule has 116 valence electrons. The molecule has 1 aromatic carbocycles. The molecule has 1 fully saturated rings. The summed E-state index contributed by atoms with van der Waals surface area (Å²) in [6, 6.07) is 6.15. The summed E-state index contributed by atoms with van der Waals surface area (Å²) in [5, 5.41) is 6.71. The van der Waals surface area contributed by atoms with Gasteiger partial charge in [0, 0.05) is 34.2 Å². The number of hydrogen-bond donors (Lipinski definition) is 2. The van der Waals surface area contributed by atoms with Crippen molar-refractivity contribution in [3.63, 3.8) is 0 Å². The second kappa shape index (κ2) is 7.08. The minimum Gasteiger partial charge on any atom is -0.383 e. The summed E-state index contributed by atoms with van der Waals surface area (Å²) in [7, 11) is 0. The van der Waals surface area contributed by atoms with Crippen molar-refractivity contribution in [3.05, 3.63) is 33.6 Å². The number of rotatable bonds is 4. The summed E-state index contributed by atoms with van der Waals surface area (Å²) in [5.74, 6) is 0.500. The Labute approximate surface area is 141 Å². The lowest BCUT2D eigenvalue weighted by atomic mass is 10.1. The second-order valence-corrected chi connectivity index (χ2v) is 6.52. The van der Waals surface area contributed by atoms with Gasteiger partial charge in [0.2, 0.25) is 5.13 Å². The molecule has 0 saturated carbocycles. The molecule has 1 aliphatic rings. The molecule has 3 N–H and O–H groups in total. The number of hydrazone groups is 1. The molecular formula is C14H16BrN5OS. The fraction of sp³-hybridized carbons (Fsp3) is 0.286. The van der Waals surface area contributed by atoms with Crippen LogP contribution in [0.15, 0.2) is 33.2 Å². The average molecular weight is 382 g/mol. The maximum Gasteiger partial charge on any atom is 0.205 e. The Morgan fingerprint density at radius 2 is 2.23 bits per heavy atom. The van der Waals surface area contributed by atoms with Crippen LogP contribution in [-0.2, 0) is 4.74 Å². The van der Waals surface area contributed by atoms with E-state index in [2.05, 4.69) is 42.4 Å². The van der Waals surface area contributed by atoms with E-state index in [1.807, 2.05) is 12.1 Å². The van der Waals surface area contributed by atoms with Crippen LogP contribution in [0.4, 0.5) is 16.6 Å². The smallest absolute Gasteiger partial charge is 0.205 e. The molecule has 0 bridgehead atoms. The topological polar surface area (TPSA) is 75.8 Å². The van der Waals surface area contributed by atoms with Crippen molar-refractivity contribution in [2.45, 2.75) is 0 Å². The first-order chi connectivity index (χ1) is 10.7. The van der Waals surface area contributed by atoms with Crippen molar-refractivity contribution in [2.24, 2.45) is 5.10 Å². The number of halogens is 1. The van der Waals surface area contributed by atoms with E-state index >= 15 is 0 Å². The Morgan fingerprint density at radius 1 is 1.41 bits per heavy atom. The highest BCUT2D eigenvalue weighted by atomic mass is 79.9. The van der Waals surface area contributed by atoms with E-state index in [0.717, 1.165) is 42.0 Å². The Kier molecular flexibility index (Phi) is 4.91. The van der Waals surface area contributed by atoms with Crippen LogP contribution < -0.4 is 16.1 Å². The first kappa shape index (κ1) is 15.3. The fourth-order valence-electron chi connectivity index (χ4n) is 2.20. The number of hydrogen-bond acceptors (Lipinski definition) is 7. The van der Waals surface area contributed by atoms with Crippen LogP contribution in [0, 0.1) is 0 Å². The molecule has 0 amide bonds. The van der Waals surface area contributed by atoms with Gasteiger partial charge in [0.25, 0.3) is 0 Å². The SMILES string of the molecule is Nc1csc(NN=Cc2ccc(Br)cc2N2CCOCC2)n1. The molecule has 22 heavy (non-hydrogen) atoms. The molecule has 1 saturated heterocycles. The molecule has 2 aromatic rings. The third-order valence-electron chi connectivity index (χ3n) is 3.23. The molecule has 8 heteroatoms. The van der Waals surface area contributed by atoms with E-state index in [9.17, 15) is 0 Å². The first-order valence-electron chi connectivity index (χ1n) is 6.85. The highest BCUT2D eigenvalue weighted by Crippen LogP contribution is 2.25. The van der Waals surface area contributed by atoms with Crippen molar-refractivity contribution in [2.75, 3.05) is 42.4 Å². The van der Waals surface area contributed by atoms with Gasteiger partial charge in [0.05, 0.1) is 19.4 Å². The fourth-order valence-corrected chi connectivity index (χ4v) is 3.10. The van der Waals surface area contributed by atoms with Crippen LogP contribution in [0.2, 0.25) is 0 Å². The van der Waals surface area contributed by atoms with E-state index in [0.29, 0.717) is 10.9 Å². The number of thiazole rings is 1. The molecule has 0 unspecified atom stereocenters. The minimum absolute atomic E-state index is 0.500. The largest absolute Gasteiger partial charge is 0.383 e. The summed E-state index contributed by atoms with van der Waals surface area (Å²) >= 11 is 4.95. The van der Waals surface area contributed by atoms with E-state index in [1.165, 1.54) is 11.3 Å². The highest BCUT2D eigenvalue weighted by molar-refractivity contribution is 9.10. The molecule has 0 spiro atoms. The third kappa shape index (κ3) is 3.76. The Bertz CT molecular complexity index is 669. The maximum absolute atomic E-state index is 5.58. The number of nitrogens with zero attached hydrogens (tertiary/aromatic N) is 3. The zero-order chi connectivity index (χ0) is 15.4. The average Bonchev–Trinajstić information content (AvgIpc) is 2.95. The van der Waals surface area contributed by atoms with Gasteiger partial charge in [-0.25, -0.2) is 4.98 Å². The standard InChI is InChI=1S/C14H16BrN5OS/c15-11-2-1-10(8-17-19-14-18-13(16)9-22-14)12(7-11)20-3-5-21-6-4-20/h1-2,7-9H,3-6,16H2,(H,18,19). The quantitative estimate of drug-likeness (QED) is 0.628. The predicted octanol–water partition coefficient (Wildman–Crippen LogP) is 2.77. The summed E-state index contributed by atoms with van der Waals surface area (Å²) in [4.78, 5) is 6.41. The van der Waals surface area contributed by atoms with E-state index < -0.39 is 0 Å². The molecule has 2 heterocycles. The zero-order valence-corrected chi connectivity index (χ0v) is 14.2. The number of anilines is 3. The summed E-state index contributed by atoms with van der Waals surface area (Å²) in [6.45, 7) is 3.26. The monoisotopic (exact) mass is 381 g/mol.